The second-order valence-corrected chi connectivity index (χ2v) is 6.68. The topological polar surface area (TPSA) is 49.4 Å². The molecule has 0 spiro atoms. The number of hydrogen-bond acceptors (Lipinski definition) is 3. The number of amides is 2. The van der Waals surface area contributed by atoms with E-state index in [-0.39, 0.29) is 24.4 Å². The lowest BCUT2D eigenvalue weighted by atomic mass is 9.97. The van der Waals surface area contributed by atoms with Crippen LogP contribution in [0.25, 0.3) is 0 Å². The molecular formula is C16H22N2O2S. The zero-order valence-corrected chi connectivity index (χ0v) is 13.4. The summed E-state index contributed by atoms with van der Waals surface area (Å²) in [6, 6.07) is 10.0. The third kappa shape index (κ3) is 4.77. The minimum atomic E-state index is -0.0830. The highest BCUT2D eigenvalue weighted by Gasteiger charge is 2.24. The number of rotatable bonds is 6. The van der Waals surface area contributed by atoms with Crippen molar-refractivity contribution in [2.24, 2.45) is 5.92 Å². The van der Waals surface area contributed by atoms with E-state index in [1.807, 2.05) is 30.3 Å². The van der Waals surface area contributed by atoms with Crippen molar-refractivity contribution in [1.82, 2.24) is 10.2 Å². The van der Waals surface area contributed by atoms with Gasteiger partial charge in [0, 0.05) is 0 Å². The first-order valence-electron chi connectivity index (χ1n) is 7.26. The first-order valence-corrected chi connectivity index (χ1v) is 8.41. The van der Waals surface area contributed by atoms with Crippen molar-refractivity contribution < 1.29 is 9.59 Å². The summed E-state index contributed by atoms with van der Waals surface area (Å²) in [5.74, 6) is 1.56. The molecule has 4 nitrogen and oxygen atoms in total. The maximum Gasteiger partial charge on any atom is 0.240 e. The van der Waals surface area contributed by atoms with Gasteiger partial charge in [-0.3, -0.25) is 9.59 Å². The van der Waals surface area contributed by atoms with Crippen LogP contribution in [0.3, 0.4) is 0 Å². The summed E-state index contributed by atoms with van der Waals surface area (Å²) in [5, 5.41) is 3.07. The summed E-state index contributed by atoms with van der Waals surface area (Å²) in [6.07, 6.45) is 0.887. The third-order valence-corrected chi connectivity index (χ3v) is 4.35. The second kappa shape index (κ2) is 7.50. The van der Waals surface area contributed by atoms with Gasteiger partial charge in [0.1, 0.15) is 6.54 Å². The van der Waals surface area contributed by atoms with Gasteiger partial charge in [-0.05, 0) is 17.9 Å². The lowest BCUT2D eigenvalue weighted by Crippen LogP contribution is -2.40. The standard InChI is InChI=1S/C16H22N2O2S/c1-12(2)8-14(13-6-4-3-5-7-13)17-15(19)9-18-11-21-10-16(18)20/h3-7,12,14H,8-11H2,1-2H3,(H,17,19). The first kappa shape index (κ1) is 15.9. The number of nitrogens with one attached hydrogen (secondary N) is 1. The Labute approximate surface area is 130 Å². The van der Waals surface area contributed by atoms with E-state index in [2.05, 4.69) is 19.2 Å². The maximum absolute atomic E-state index is 12.2. The summed E-state index contributed by atoms with van der Waals surface area (Å²) >= 11 is 1.55. The van der Waals surface area contributed by atoms with Crippen molar-refractivity contribution in [3.63, 3.8) is 0 Å². The van der Waals surface area contributed by atoms with Gasteiger partial charge in [0.15, 0.2) is 0 Å². The molecule has 1 aromatic rings. The Morgan fingerprint density at radius 3 is 2.62 bits per heavy atom. The van der Waals surface area contributed by atoms with Crippen LogP contribution in [0.4, 0.5) is 0 Å². The highest BCUT2D eigenvalue weighted by atomic mass is 32.2. The van der Waals surface area contributed by atoms with Crippen LogP contribution in [0.2, 0.25) is 0 Å². The van der Waals surface area contributed by atoms with E-state index in [1.165, 1.54) is 0 Å². The molecule has 0 aliphatic carbocycles. The van der Waals surface area contributed by atoms with E-state index in [4.69, 9.17) is 0 Å². The minimum Gasteiger partial charge on any atom is -0.348 e. The summed E-state index contributed by atoms with van der Waals surface area (Å²) in [6.45, 7) is 4.44. The van der Waals surface area contributed by atoms with Gasteiger partial charge in [0.2, 0.25) is 11.8 Å². The van der Waals surface area contributed by atoms with Crippen LogP contribution in [0.1, 0.15) is 31.9 Å². The molecule has 0 saturated carbocycles. The van der Waals surface area contributed by atoms with Crippen molar-refractivity contribution >= 4 is 23.6 Å². The van der Waals surface area contributed by atoms with Gasteiger partial charge >= 0.3 is 0 Å². The second-order valence-electron chi connectivity index (χ2n) is 5.73. The third-order valence-electron chi connectivity index (χ3n) is 3.40. The molecular weight excluding hydrogens is 284 g/mol. The van der Waals surface area contributed by atoms with Crippen molar-refractivity contribution in [3.05, 3.63) is 35.9 Å². The lowest BCUT2D eigenvalue weighted by Gasteiger charge is -2.23. The van der Waals surface area contributed by atoms with Crippen LogP contribution >= 0.6 is 11.8 Å². The van der Waals surface area contributed by atoms with E-state index in [0.29, 0.717) is 17.5 Å². The van der Waals surface area contributed by atoms with Crippen molar-refractivity contribution in [2.45, 2.75) is 26.3 Å². The van der Waals surface area contributed by atoms with Crippen LogP contribution in [0.15, 0.2) is 30.3 Å². The van der Waals surface area contributed by atoms with Crippen molar-refractivity contribution in [3.8, 4) is 0 Å². The number of hydrogen-bond donors (Lipinski definition) is 1. The average molecular weight is 306 g/mol. The maximum atomic E-state index is 12.2. The van der Waals surface area contributed by atoms with E-state index in [0.717, 1.165) is 12.0 Å². The predicted molar refractivity (Wildman–Crippen MR) is 85.8 cm³/mol. The monoisotopic (exact) mass is 306 g/mol. The van der Waals surface area contributed by atoms with E-state index < -0.39 is 0 Å². The fourth-order valence-electron chi connectivity index (χ4n) is 2.39. The fourth-order valence-corrected chi connectivity index (χ4v) is 3.29. The number of thioether (sulfide) groups is 1. The Morgan fingerprint density at radius 1 is 1.33 bits per heavy atom. The summed E-state index contributed by atoms with van der Waals surface area (Å²) in [7, 11) is 0. The van der Waals surface area contributed by atoms with E-state index in [9.17, 15) is 9.59 Å². The van der Waals surface area contributed by atoms with Crippen LogP contribution in [0.5, 0.6) is 0 Å². The Morgan fingerprint density at radius 2 is 2.05 bits per heavy atom. The summed E-state index contributed by atoms with van der Waals surface area (Å²) in [5.41, 5.74) is 1.11. The SMILES string of the molecule is CC(C)CC(NC(=O)CN1CSCC1=O)c1ccccc1. The largest absolute Gasteiger partial charge is 0.348 e. The fraction of sp³-hybridized carbons (Fsp3) is 0.500. The van der Waals surface area contributed by atoms with Crippen molar-refractivity contribution in [2.75, 3.05) is 18.2 Å². The smallest absolute Gasteiger partial charge is 0.240 e. The normalized spacial score (nSPS) is 16.3. The number of carbonyl (C=O) groups excluding carboxylic acids is 2. The van der Waals surface area contributed by atoms with E-state index >= 15 is 0 Å². The van der Waals surface area contributed by atoms with Gasteiger partial charge in [0.05, 0.1) is 17.7 Å². The number of benzene rings is 1. The van der Waals surface area contributed by atoms with Crippen molar-refractivity contribution in [1.29, 1.82) is 0 Å². The highest BCUT2D eigenvalue weighted by molar-refractivity contribution is 8.00. The van der Waals surface area contributed by atoms with Gasteiger partial charge < -0.3 is 10.2 Å². The van der Waals surface area contributed by atoms with Gasteiger partial charge in [0.25, 0.3) is 0 Å². The first-order chi connectivity index (χ1) is 10.1. The van der Waals surface area contributed by atoms with Crippen LogP contribution < -0.4 is 5.32 Å². The van der Waals surface area contributed by atoms with Crippen LogP contribution in [-0.4, -0.2) is 34.9 Å². The summed E-state index contributed by atoms with van der Waals surface area (Å²) in [4.78, 5) is 25.4. The van der Waals surface area contributed by atoms with E-state index in [1.54, 1.807) is 16.7 Å². The molecule has 1 atom stereocenters. The molecule has 21 heavy (non-hydrogen) atoms. The van der Waals surface area contributed by atoms with Gasteiger partial charge in [-0.2, -0.15) is 0 Å². The highest BCUT2D eigenvalue weighted by Crippen LogP contribution is 2.21. The molecule has 1 aromatic carbocycles. The minimum absolute atomic E-state index is 0.00376. The van der Waals surface area contributed by atoms with Gasteiger partial charge in [-0.1, -0.05) is 44.2 Å². The number of nitrogens with zero attached hydrogens (tertiary/aromatic N) is 1. The molecule has 2 amide bonds. The molecule has 1 fully saturated rings. The molecule has 114 valence electrons. The zero-order chi connectivity index (χ0) is 15.2. The molecule has 1 aliphatic rings. The average Bonchev–Trinajstić information content (AvgIpc) is 2.84. The van der Waals surface area contributed by atoms with Gasteiger partial charge in [-0.15, -0.1) is 11.8 Å². The molecule has 2 rings (SSSR count). The Bertz CT molecular complexity index is 490. The molecule has 0 aromatic heterocycles. The van der Waals surface area contributed by atoms with Crippen LogP contribution in [0, 0.1) is 5.92 Å². The van der Waals surface area contributed by atoms with Gasteiger partial charge in [-0.25, -0.2) is 0 Å². The predicted octanol–water partition coefficient (Wildman–Crippen LogP) is 2.42. The molecule has 1 unspecified atom stereocenters. The molecule has 0 radical (unpaired) electrons. The molecule has 1 N–H and O–H groups in total. The molecule has 0 bridgehead atoms. The molecule has 1 heterocycles. The quantitative estimate of drug-likeness (QED) is 0.878. The van der Waals surface area contributed by atoms with Crippen LogP contribution in [-0.2, 0) is 9.59 Å². The molecule has 1 saturated heterocycles. The summed E-state index contributed by atoms with van der Waals surface area (Å²) < 4.78 is 0. The number of carbonyl (C=O) groups is 2. The zero-order valence-electron chi connectivity index (χ0n) is 12.5. The Hall–Kier alpha value is -1.49. The lowest BCUT2D eigenvalue weighted by molar-refractivity contribution is -0.132. The Balaban J connectivity index is 1.98. The Kier molecular flexibility index (Phi) is 5.67. The molecule has 5 heteroatoms. The molecule has 1 aliphatic heterocycles.